The molecular formula is C16H16BrN3. The van der Waals surface area contributed by atoms with Crippen LogP contribution in [0.1, 0.15) is 26.3 Å². The molecule has 1 aromatic carbocycles. The van der Waals surface area contributed by atoms with Gasteiger partial charge in [0, 0.05) is 11.8 Å². The van der Waals surface area contributed by atoms with Gasteiger partial charge >= 0.3 is 0 Å². The first kappa shape index (κ1) is 13.3. The van der Waals surface area contributed by atoms with Crippen LogP contribution in [0.25, 0.3) is 16.9 Å². The highest BCUT2D eigenvalue weighted by atomic mass is 79.9. The Hall–Kier alpha value is -1.68. The Morgan fingerprint density at radius 2 is 1.75 bits per heavy atom. The highest BCUT2D eigenvalue weighted by Gasteiger charge is 2.15. The van der Waals surface area contributed by atoms with Gasteiger partial charge in [-0.1, -0.05) is 45.0 Å². The fraction of sp³-hybridized carbons (Fsp3) is 0.250. The van der Waals surface area contributed by atoms with Crippen molar-refractivity contribution in [1.82, 2.24) is 14.6 Å². The van der Waals surface area contributed by atoms with Crippen LogP contribution in [0.4, 0.5) is 0 Å². The second-order valence-electron chi connectivity index (χ2n) is 5.87. The number of hydrogen-bond donors (Lipinski definition) is 0. The number of halogens is 1. The molecular weight excluding hydrogens is 314 g/mol. The highest BCUT2D eigenvalue weighted by Crippen LogP contribution is 2.28. The molecule has 0 fully saturated rings. The quantitative estimate of drug-likeness (QED) is 0.660. The van der Waals surface area contributed by atoms with Gasteiger partial charge in [0.2, 0.25) is 0 Å². The summed E-state index contributed by atoms with van der Waals surface area (Å²) in [6.07, 6.45) is 1.77. The Labute approximate surface area is 126 Å². The van der Waals surface area contributed by atoms with Crippen molar-refractivity contribution < 1.29 is 0 Å². The molecule has 0 atom stereocenters. The normalized spacial score (nSPS) is 12.0. The molecule has 0 aliphatic heterocycles. The molecule has 0 radical (unpaired) electrons. The molecule has 0 bridgehead atoms. The minimum Gasteiger partial charge on any atom is -0.219 e. The average molecular weight is 330 g/mol. The van der Waals surface area contributed by atoms with Crippen LogP contribution in [0.5, 0.6) is 0 Å². The summed E-state index contributed by atoms with van der Waals surface area (Å²) in [5.41, 5.74) is 3.51. The number of rotatable bonds is 1. The first-order chi connectivity index (χ1) is 9.47. The topological polar surface area (TPSA) is 30.2 Å². The number of aromatic nitrogens is 3. The highest BCUT2D eigenvalue weighted by molar-refractivity contribution is 9.10. The molecule has 3 aromatic rings. The predicted octanol–water partition coefficient (Wildman–Crippen LogP) is 4.46. The summed E-state index contributed by atoms with van der Waals surface area (Å²) in [6.45, 7) is 6.64. The molecule has 3 rings (SSSR count). The third kappa shape index (κ3) is 2.24. The lowest BCUT2D eigenvalue weighted by atomic mass is 9.87. The molecule has 0 saturated carbocycles. The van der Waals surface area contributed by atoms with Crippen molar-refractivity contribution in [2.24, 2.45) is 0 Å². The van der Waals surface area contributed by atoms with E-state index in [1.54, 1.807) is 6.20 Å². The fourth-order valence-electron chi connectivity index (χ4n) is 2.20. The zero-order valence-electron chi connectivity index (χ0n) is 11.8. The zero-order chi connectivity index (χ0) is 14.3. The van der Waals surface area contributed by atoms with E-state index in [2.05, 4.69) is 71.0 Å². The van der Waals surface area contributed by atoms with Crippen molar-refractivity contribution in [2.75, 3.05) is 0 Å². The molecule has 0 N–H and O–H groups in total. The van der Waals surface area contributed by atoms with E-state index in [1.807, 2.05) is 16.6 Å². The molecule has 20 heavy (non-hydrogen) atoms. The van der Waals surface area contributed by atoms with Gasteiger partial charge in [0.05, 0.1) is 5.52 Å². The van der Waals surface area contributed by atoms with Crippen molar-refractivity contribution in [1.29, 1.82) is 0 Å². The molecule has 2 heterocycles. The fourth-order valence-corrected chi connectivity index (χ4v) is 2.67. The van der Waals surface area contributed by atoms with E-state index < -0.39 is 0 Å². The average Bonchev–Trinajstić information content (AvgIpc) is 2.76. The van der Waals surface area contributed by atoms with Crippen molar-refractivity contribution in [3.8, 4) is 11.4 Å². The summed E-state index contributed by atoms with van der Waals surface area (Å²) >= 11 is 3.49. The smallest absolute Gasteiger partial charge is 0.162 e. The first-order valence-corrected chi connectivity index (χ1v) is 7.36. The number of fused-ring (bicyclic) bond motifs is 1. The minimum atomic E-state index is 0.159. The molecule has 0 unspecified atom stereocenters. The summed E-state index contributed by atoms with van der Waals surface area (Å²) in [5.74, 6) is 0.855. The Morgan fingerprint density at radius 3 is 2.40 bits per heavy atom. The van der Waals surface area contributed by atoms with E-state index in [9.17, 15) is 0 Å². The predicted molar refractivity (Wildman–Crippen MR) is 84.8 cm³/mol. The van der Waals surface area contributed by atoms with Crippen molar-refractivity contribution in [3.05, 3.63) is 52.8 Å². The molecule has 0 aliphatic carbocycles. The minimum absolute atomic E-state index is 0.159. The van der Waals surface area contributed by atoms with Gasteiger partial charge in [-0.2, -0.15) is 5.10 Å². The molecule has 0 spiro atoms. The van der Waals surface area contributed by atoms with Gasteiger partial charge in [-0.05, 0) is 39.0 Å². The van der Waals surface area contributed by atoms with Gasteiger partial charge in [-0.15, -0.1) is 0 Å². The monoisotopic (exact) mass is 329 g/mol. The largest absolute Gasteiger partial charge is 0.219 e. The van der Waals surface area contributed by atoms with E-state index in [1.165, 1.54) is 5.56 Å². The first-order valence-electron chi connectivity index (χ1n) is 6.57. The van der Waals surface area contributed by atoms with Crippen LogP contribution >= 0.6 is 15.9 Å². The zero-order valence-corrected chi connectivity index (χ0v) is 13.3. The number of imidazole rings is 1. The Morgan fingerprint density at radius 1 is 1.05 bits per heavy atom. The molecule has 2 aromatic heterocycles. The van der Waals surface area contributed by atoms with Crippen LogP contribution in [0, 0.1) is 0 Å². The Bertz CT molecular complexity index is 751. The molecule has 3 nitrogen and oxygen atoms in total. The summed E-state index contributed by atoms with van der Waals surface area (Å²) in [5, 5.41) is 4.37. The van der Waals surface area contributed by atoms with Crippen molar-refractivity contribution >= 4 is 21.4 Å². The lowest BCUT2D eigenvalue weighted by molar-refractivity contribution is 0.590. The number of hydrogen-bond acceptors (Lipinski definition) is 2. The maximum absolute atomic E-state index is 4.57. The second-order valence-corrected chi connectivity index (χ2v) is 6.63. The summed E-state index contributed by atoms with van der Waals surface area (Å²) in [4.78, 5) is 4.57. The van der Waals surface area contributed by atoms with E-state index in [4.69, 9.17) is 0 Å². The van der Waals surface area contributed by atoms with E-state index in [0.717, 1.165) is 21.5 Å². The summed E-state index contributed by atoms with van der Waals surface area (Å²) in [6, 6.07) is 12.4. The molecule has 0 aliphatic rings. The SMILES string of the molecule is CC(C)(C)c1ccc(-c2nc(Br)c3cccnn23)cc1. The van der Waals surface area contributed by atoms with Gasteiger partial charge < -0.3 is 0 Å². The Balaban J connectivity index is 2.12. The maximum atomic E-state index is 4.57. The molecule has 102 valence electrons. The lowest BCUT2D eigenvalue weighted by Gasteiger charge is -2.18. The van der Waals surface area contributed by atoms with Gasteiger partial charge in [0.1, 0.15) is 4.60 Å². The number of nitrogens with zero attached hydrogens (tertiary/aromatic N) is 3. The van der Waals surface area contributed by atoms with Crippen LogP contribution < -0.4 is 0 Å². The number of benzene rings is 1. The summed E-state index contributed by atoms with van der Waals surface area (Å²) in [7, 11) is 0. The Kier molecular flexibility index (Phi) is 3.13. The van der Waals surface area contributed by atoms with Crippen molar-refractivity contribution in [3.63, 3.8) is 0 Å². The summed E-state index contributed by atoms with van der Waals surface area (Å²) < 4.78 is 2.68. The third-order valence-electron chi connectivity index (χ3n) is 3.38. The maximum Gasteiger partial charge on any atom is 0.162 e. The second kappa shape index (κ2) is 4.70. The van der Waals surface area contributed by atoms with E-state index in [0.29, 0.717) is 0 Å². The van der Waals surface area contributed by atoms with Gasteiger partial charge in [0.25, 0.3) is 0 Å². The van der Waals surface area contributed by atoms with Crippen LogP contribution in [-0.4, -0.2) is 14.6 Å². The van der Waals surface area contributed by atoms with Gasteiger partial charge in [0.15, 0.2) is 5.82 Å². The van der Waals surface area contributed by atoms with Crippen molar-refractivity contribution in [2.45, 2.75) is 26.2 Å². The third-order valence-corrected chi connectivity index (χ3v) is 3.96. The molecule has 0 saturated heterocycles. The van der Waals surface area contributed by atoms with Gasteiger partial charge in [-0.25, -0.2) is 9.50 Å². The lowest BCUT2D eigenvalue weighted by Crippen LogP contribution is -2.10. The van der Waals surface area contributed by atoms with E-state index >= 15 is 0 Å². The van der Waals surface area contributed by atoms with Gasteiger partial charge in [-0.3, -0.25) is 0 Å². The van der Waals surface area contributed by atoms with E-state index in [-0.39, 0.29) is 5.41 Å². The molecule has 0 amide bonds. The van der Waals surface area contributed by atoms with Crippen LogP contribution in [0.3, 0.4) is 0 Å². The van der Waals surface area contributed by atoms with Crippen LogP contribution in [-0.2, 0) is 5.41 Å². The van der Waals surface area contributed by atoms with Crippen LogP contribution in [0.15, 0.2) is 47.2 Å². The standard InChI is InChI=1S/C16H16BrN3/c1-16(2,3)12-8-6-11(7-9-12)15-19-14(17)13-5-4-10-18-20(13)15/h4-10H,1-3H3. The van der Waals surface area contributed by atoms with Crippen LogP contribution in [0.2, 0.25) is 0 Å². The molecule has 4 heteroatoms.